The topological polar surface area (TPSA) is 49.6 Å². The van der Waals surface area contributed by atoms with Crippen LogP contribution in [0.4, 0.5) is 13.2 Å². The van der Waals surface area contributed by atoms with E-state index in [0.29, 0.717) is 10.9 Å². The van der Waals surface area contributed by atoms with Crippen molar-refractivity contribution in [3.63, 3.8) is 0 Å². The van der Waals surface area contributed by atoms with Gasteiger partial charge in [-0.05, 0) is 18.2 Å². The van der Waals surface area contributed by atoms with Crippen LogP contribution in [0.25, 0.3) is 10.9 Å². The summed E-state index contributed by atoms with van der Waals surface area (Å²) in [5.41, 5.74) is 0.525. The maximum absolute atomic E-state index is 12.3. The molecule has 0 unspecified atom stereocenters. The molecule has 0 saturated heterocycles. The third kappa shape index (κ3) is 1.80. The zero-order valence-corrected chi connectivity index (χ0v) is 7.78. The van der Waals surface area contributed by atoms with Gasteiger partial charge in [-0.2, -0.15) is 18.4 Å². The van der Waals surface area contributed by atoms with Gasteiger partial charge in [0.2, 0.25) is 5.82 Å². The van der Waals surface area contributed by atoms with Gasteiger partial charge >= 0.3 is 6.18 Å². The van der Waals surface area contributed by atoms with Crippen LogP contribution < -0.4 is 0 Å². The molecule has 0 radical (unpaired) electrons. The van der Waals surface area contributed by atoms with Gasteiger partial charge in [0.15, 0.2) is 0 Å². The molecule has 3 nitrogen and oxygen atoms in total. The lowest BCUT2D eigenvalue weighted by atomic mass is 10.2. The van der Waals surface area contributed by atoms with Crippen LogP contribution in [0.1, 0.15) is 11.4 Å². The van der Waals surface area contributed by atoms with Crippen LogP contribution in [0.5, 0.6) is 0 Å². The number of aromatic nitrogens is 2. The van der Waals surface area contributed by atoms with Gasteiger partial charge in [0.25, 0.3) is 0 Å². The Kier molecular flexibility index (Phi) is 2.23. The summed E-state index contributed by atoms with van der Waals surface area (Å²) in [5, 5.41) is 9.02. The predicted octanol–water partition coefficient (Wildman–Crippen LogP) is 2.52. The highest BCUT2D eigenvalue weighted by Gasteiger charge is 2.34. The Balaban J connectivity index is 2.62. The van der Waals surface area contributed by atoms with Gasteiger partial charge in [0.1, 0.15) is 0 Å². The van der Waals surface area contributed by atoms with E-state index in [-0.39, 0.29) is 5.52 Å². The fourth-order valence-electron chi connectivity index (χ4n) is 1.24. The number of halogens is 3. The van der Waals surface area contributed by atoms with Gasteiger partial charge in [-0.3, -0.25) is 0 Å². The Morgan fingerprint density at radius 2 is 2.00 bits per heavy atom. The summed E-state index contributed by atoms with van der Waals surface area (Å²) >= 11 is 0. The molecular weight excluding hydrogens is 219 g/mol. The Labute approximate surface area is 88.2 Å². The zero-order chi connectivity index (χ0) is 11.8. The molecule has 1 heterocycles. The van der Waals surface area contributed by atoms with Crippen molar-refractivity contribution in [3.05, 3.63) is 35.8 Å². The molecule has 6 heteroatoms. The molecule has 2 aromatic rings. The van der Waals surface area contributed by atoms with Crippen LogP contribution >= 0.6 is 0 Å². The fourth-order valence-corrected chi connectivity index (χ4v) is 1.24. The average Bonchev–Trinajstić information content (AvgIpc) is 2.26. The molecule has 1 aromatic heterocycles. The molecule has 0 atom stereocenters. The van der Waals surface area contributed by atoms with Crippen LogP contribution in [0.15, 0.2) is 24.4 Å². The highest BCUT2D eigenvalue weighted by molar-refractivity contribution is 5.79. The lowest BCUT2D eigenvalue weighted by molar-refractivity contribution is -0.144. The first-order valence-electron chi connectivity index (χ1n) is 4.25. The van der Waals surface area contributed by atoms with Crippen molar-refractivity contribution >= 4 is 10.9 Å². The second kappa shape index (κ2) is 3.45. The Hall–Kier alpha value is -2.16. The van der Waals surface area contributed by atoms with Crippen LogP contribution in [0.2, 0.25) is 0 Å². The molecule has 0 bridgehead atoms. The molecule has 0 aliphatic heterocycles. The average molecular weight is 223 g/mol. The van der Waals surface area contributed by atoms with E-state index in [4.69, 9.17) is 5.26 Å². The van der Waals surface area contributed by atoms with Crippen molar-refractivity contribution < 1.29 is 13.2 Å². The maximum atomic E-state index is 12.3. The smallest absolute Gasteiger partial charge is 0.232 e. The molecule has 2 rings (SSSR count). The summed E-state index contributed by atoms with van der Waals surface area (Å²) in [7, 11) is 0. The van der Waals surface area contributed by atoms with Crippen LogP contribution in [0, 0.1) is 11.3 Å². The highest BCUT2D eigenvalue weighted by atomic mass is 19.4. The number of fused-ring (bicyclic) bond motifs is 1. The first kappa shape index (κ1) is 10.4. The molecule has 0 fully saturated rings. The quantitative estimate of drug-likeness (QED) is 0.689. The van der Waals surface area contributed by atoms with E-state index in [1.807, 2.05) is 6.07 Å². The molecular formula is C10H4F3N3. The molecule has 0 amide bonds. The predicted molar refractivity (Wildman–Crippen MR) is 49.3 cm³/mol. The molecule has 80 valence electrons. The molecule has 0 spiro atoms. The number of nitrogens with zero attached hydrogens (tertiary/aromatic N) is 3. The van der Waals surface area contributed by atoms with Gasteiger partial charge in [-0.15, -0.1) is 0 Å². The van der Waals surface area contributed by atoms with Gasteiger partial charge in [-0.25, -0.2) is 9.97 Å². The molecule has 16 heavy (non-hydrogen) atoms. The second-order valence-corrected chi connectivity index (χ2v) is 3.08. The minimum absolute atomic E-state index is 0.168. The van der Waals surface area contributed by atoms with Gasteiger partial charge in [0.05, 0.1) is 17.1 Å². The van der Waals surface area contributed by atoms with E-state index in [2.05, 4.69) is 9.97 Å². The lowest BCUT2D eigenvalue weighted by Gasteiger charge is -2.05. The number of rotatable bonds is 0. The lowest BCUT2D eigenvalue weighted by Crippen LogP contribution is -2.10. The monoisotopic (exact) mass is 223 g/mol. The van der Waals surface area contributed by atoms with Gasteiger partial charge in [-0.1, -0.05) is 0 Å². The van der Waals surface area contributed by atoms with Crippen LogP contribution in [-0.4, -0.2) is 9.97 Å². The summed E-state index contributed by atoms with van der Waals surface area (Å²) in [6.07, 6.45) is -3.49. The Morgan fingerprint density at radius 1 is 1.25 bits per heavy atom. The van der Waals surface area contributed by atoms with E-state index in [9.17, 15) is 13.2 Å². The number of nitriles is 1. The number of hydrogen-bond donors (Lipinski definition) is 0. The van der Waals surface area contributed by atoms with Gasteiger partial charge < -0.3 is 0 Å². The third-order valence-electron chi connectivity index (χ3n) is 1.96. The minimum atomic E-state index is -4.55. The zero-order valence-electron chi connectivity index (χ0n) is 7.78. The highest BCUT2D eigenvalue weighted by Crippen LogP contribution is 2.27. The number of alkyl halides is 3. The summed E-state index contributed by atoms with van der Waals surface area (Å²) < 4.78 is 36.9. The molecule has 0 saturated carbocycles. The molecule has 0 N–H and O–H groups in total. The van der Waals surface area contributed by atoms with Crippen LogP contribution in [0.3, 0.4) is 0 Å². The van der Waals surface area contributed by atoms with Gasteiger partial charge in [0, 0.05) is 11.6 Å². The maximum Gasteiger partial charge on any atom is 0.451 e. The first-order chi connectivity index (χ1) is 7.50. The number of hydrogen-bond acceptors (Lipinski definition) is 3. The normalized spacial score (nSPS) is 11.4. The summed E-state index contributed by atoms with van der Waals surface area (Å²) in [6, 6.07) is 6.10. The van der Waals surface area contributed by atoms with Crippen molar-refractivity contribution in [3.8, 4) is 6.07 Å². The molecule has 0 aliphatic rings. The first-order valence-corrected chi connectivity index (χ1v) is 4.25. The molecule has 1 aromatic carbocycles. The van der Waals surface area contributed by atoms with Crippen molar-refractivity contribution in [1.29, 1.82) is 5.26 Å². The van der Waals surface area contributed by atoms with Crippen molar-refractivity contribution in [1.82, 2.24) is 9.97 Å². The largest absolute Gasteiger partial charge is 0.451 e. The van der Waals surface area contributed by atoms with E-state index >= 15 is 0 Å². The molecule has 0 aliphatic carbocycles. The Morgan fingerprint density at radius 3 is 2.62 bits per heavy atom. The minimum Gasteiger partial charge on any atom is -0.232 e. The van der Waals surface area contributed by atoms with Crippen molar-refractivity contribution in [2.24, 2.45) is 0 Å². The second-order valence-electron chi connectivity index (χ2n) is 3.08. The van der Waals surface area contributed by atoms with E-state index in [1.54, 1.807) is 0 Å². The van der Waals surface area contributed by atoms with E-state index in [0.717, 1.165) is 6.20 Å². The summed E-state index contributed by atoms with van der Waals surface area (Å²) in [4.78, 5) is 6.58. The third-order valence-corrected chi connectivity index (χ3v) is 1.96. The van der Waals surface area contributed by atoms with Crippen molar-refractivity contribution in [2.45, 2.75) is 6.18 Å². The SMILES string of the molecule is N#Cc1ccc2nc(C(F)(F)F)ncc2c1. The number of benzene rings is 1. The van der Waals surface area contributed by atoms with Crippen molar-refractivity contribution in [2.75, 3.05) is 0 Å². The summed E-state index contributed by atoms with van der Waals surface area (Å²) in [5.74, 6) is -1.18. The summed E-state index contributed by atoms with van der Waals surface area (Å²) in [6.45, 7) is 0. The van der Waals surface area contributed by atoms with E-state index < -0.39 is 12.0 Å². The van der Waals surface area contributed by atoms with E-state index in [1.165, 1.54) is 18.2 Å². The fraction of sp³-hybridized carbons (Fsp3) is 0.100. The Bertz CT molecular complexity index is 584. The standard InChI is InChI=1S/C10H4F3N3/c11-10(12,13)9-15-5-7-3-6(4-14)1-2-8(7)16-9/h1-3,5H. The van der Waals surface area contributed by atoms with Crippen LogP contribution in [-0.2, 0) is 6.18 Å².